The highest BCUT2D eigenvalue weighted by Gasteiger charge is 2.40. The monoisotopic (exact) mass is 256 g/mol. The molecule has 2 aromatic rings. The zero-order chi connectivity index (χ0) is 12.8. The highest BCUT2D eigenvalue weighted by molar-refractivity contribution is 5.94. The number of carbonyl (C=O) groups excluding carboxylic acids is 1. The number of hydrogen-bond donors (Lipinski definition) is 2. The van der Waals surface area contributed by atoms with Gasteiger partial charge in [0.2, 0.25) is 0 Å². The molecule has 3 atom stereocenters. The molecule has 2 aliphatic rings. The SMILES string of the molecule is O=C(NC1C[C@@H]2CN[C@H]1C2)c1ccc2nccn2c1. The predicted octanol–water partition coefficient (Wildman–Crippen LogP) is 0.814. The summed E-state index contributed by atoms with van der Waals surface area (Å²) in [5.41, 5.74) is 1.55. The van der Waals surface area contributed by atoms with Crippen molar-refractivity contribution < 1.29 is 4.79 Å². The minimum absolute atomic E-state index is 0.00921. The topological polar surface area (TPSA) is 58.4 Å². The maximum Gasteiger partial charge on any atom is 0.253 e. The molecule has 0 radical (unpaired) electrons. The second-order valence-electron chi connectivity index (χ2n) is 5.54. The Labute approximate surface area is 111 Å². The van der Waals surface area contributed by atoms with Gasteiger partial charge in [-0.25, -0.2) is 4.98 Å². The summed E-state index contributed by atoms with van der Waals surface area (Å²) >= 11 is 0. The van der Waals surface area contributed by atoms with E-state index in [1.807, 2.05) is 28.9 Å². The molecule has 1 saturated carbocycles. The van der Waals surface area contributed by atoms with Gasteiger partial charge in [-0.15, -0.1) is 0 Å². The Morgan fingerprint density at radius 3 is 3.16 bits per heavy atom. The number of nitrogens with zero attached hydrogens (tertiary/aromatic N) is 2. The fourth-order valence-corrected chi connectivity index (χ4v) is 3.32. The van der Waals surface area contributed by atoms with Crippen LogP contribution in [-0.4, -0.2) is 33.9 Å². The van der Waals surface area contributed by atoms with E-state index in [1.165, 1.54) is 6.42 Å². The van der Waals surface area contributed by atoms with Crippen LogP contribution in [0.25, 0.3) is 5.65 Å². The average Bonchev–Trinajstić information content (AvgIpc) is 3.13. The molecule has 2 aromatic heterocycles. The van der Waals surface area contributed by atoms with Crippen LogP contribution in [0.2, 0.25) is 0 Å². The number of pyridine rings is 1. The zero-order valence-electron chi connectivity index (χ0n) is 10.5. The molecule has 2 bridgehead atoms. The maximum atomic E-state index is 12.3. The van der Waals surface area contributed by atoms with Crippen LogP contribution in [0, 0.1) is 5.92 Å². The first-order valence-electron chi connectivity index (χ1n) is 6.76. The van der Waals surface area contributed by atoms with E-state index in [0.29, 0.717) is 11.6 Å². The maximum absolute atomic E-state index is 12.3. The molecule has 1 saturated heterocycles. The summed E-state index contributed by atoms with van der Waals surface area (Å²) in [5, 5.41) is 6.61. The van der Waals surface area contributed by atoms with E-state index in [4.69, 9.17) is 0 Å². The number of nitrogens with one attached hydrogen (secondary N) is 2. The van der Waals surface area contributed by atoms with E-state index in [-0.39, 0.29) is 11.9 Å². The van der Waals surface area contributed by atoms with Gasteiger partial charge in [-0.3, -0.25) is 4.79 Å². The van der Waals surface area contributed by atoms with Crippen molar-refractivity contribution in [2.75, 3.05) is 6.54 Å². The first-order chi connectivity index (χ1) is 9.29. The van der Waals surface area contributed by atoms with Crippen LogP contribution in [0.5, 0.6) is 0 Å². The van der Waals surface area contributed by atoms with Gasteiger partial charge < -0.3 is 15.0 Å². The van der Waals surface area contributed by atoms with Gasteiger partial charge in [-0.2, -0.15) is 0 Å². The third-order valence-corrected chi connectivity index (χ3v) is 4.30. The van der Waals surface area contributed by atoms with Crippen molar-refractivity contribution in [3.8, 4) is 0 Å². The number of rotatable bonds is 2. The first-order valence-corrected chi connectivity index (χ1v) is 6.76. The van der Waals surface area contributed by atoms with Crippen LogP contribution in [0.1, 0.15) is 23.2 Å². The molecule has 1 aliphatic carbocycles. The van der Waals surface area contributed by atoms with E-state index in [0.717, 1.165) is 24.5 Å². The number of imidazole rings is 1. The fourth-order valence-electron chi connectivity index (χ4n) is 3.32. The summed E-state index contributed by atoms with van der Waals surface area (Å²) in [6.45, 7) is 1.11. The van der Waals surface area contributed by atoms with Crippen molar-refractivity contribution in [2.45, 2.75) is 24.9 Å². The lowest BCUT2D eigenvalue weighted by Crippen LogP contribution is -2.47. The molecule has 98 valence electrons. The summed E-state index contributed by atoms with van der Waals surface area (Å²) in [4.78, 5) is 16.4. The van der Waals surface area contributed by atoms with Crippen molar-refractivity contribution in [3.05, 3.63) is 36.3 Å². The van der Waals surface area contributed by atoms with Crippen LogP contribution in [0.3, 0.4) is 0 Å². The molecule has 1 unspecified atom stereocenters. The molecular weight excluding hydrogens is 240 g/mol. The number of carbonyl (C=O) groups is 1. The molecule has 5 nitrogen and oxygen atoms in total. The average molecular weight is 256 g/mol. The number of hydrogen-bond acceptors (Lipinski definition) is 3. The predicted molar refractivity (Wildman–Crippen MR) is 71.0 cm³/mol. The van der Waals surface area contributed by atoms with Crippen molar-refractivity contribution in [3.63, 3.8) is 0 Å². The van der Waals surface area contributed by atoms with E-state index >= 15 is 0 Å². The van der Waals surface area contributed by atoms with Gasteiger partial charge in [0.15, 0.2) is 0 Å². The van der Waals surface area contributed by atoms with E-state index < -0.39 is 0 Å². The standard InChI is InChI=1S/C14H16N4O/c19-14(17-12-6-9-5-11(12)16-7-9)10-1-2-13-15-3-4-18(13)8-10/h1-4,8-9,11-12,16H,5-7H2,(H,17,19)/t9-,11+,12?/m1/s1. The van der Waals surface area contributed by atoms with Gasteiger partial charge in [-0.05, 0) is 37.4 Å². The quantitative estimate of drug-likeness (QED) is 0.836. The van der Waals surface area contributed by atoms with Gasteiger partial charge in [0, 0.05) is 30.7 Å². The highest BCUT2D eigenvalue weighted by atomic mass is 16.1. The van der Waals surface area contributed by atoms with Crippen LogP contribution >= 0.6 is 0 Å². The molecule has 5 heteroatoms. The number of piperidine rings is 1. The summed E-state index contributed by atoms with van der Waals surface area (Å²) in [7, 11) is 0. The van der Waals surface area contributed by atoms with Gasteiger partial charge in [-0.1, -0.05) is 0 Å². The number of aromatic nitrogens is 2. The molecule has 19 heavy (non-hydrogen) atoms. The van der Waals surface area contributed by atoms with Gasteiger partial charge in [0.1, 0.15) is 5.65 Å². The Morgan fingerprint density at radius 2 is 2.37 bits per heavy atom. The molecule has 3 heterocycles. The van der Waals surface area contributed by atoms with E-state index in [2.05, 4.69) is 15.6 Å². The highest BCUT2D eigenvalue weighted by Crippen LogP contribution is 2.31. The van der Waals surface area contributed by atoms with Crippen molar-refractivity contribution in [2.24, 2.45) is 5.92 Å². The molecule has 4 rings (SSSR count). The fraction of sp³-hybridized carbons (Fsp3) is 0.429. The van der Waals surface area contributed by atoms with Crippen molar-refractivity contribution >= 4 is 11.6 Å². The molecule has 2 N–H and O–H groups in total. The van der Waals surface area contributed by atoms with Gasteiger partial charge >= 0.3 is 0 Å². The van der Waals surface area contributed by atoms with E-state index in [9.17, 15) is 4.79 Å². The summed E-state index contributed by atoms with van der Waals surface area (Å²) in [5.74, 6) is 0.751. The molecular formula is C14H16N4O. The smallest absolute Gasteiger partial charge is 0.253 e. The van der Waals surface area contributed by atoms with Crippen molar-refractivity contribution in [1.82, 2.24) is 20.0 Å². The van der Waals surface area contributed by atoms with Crippen LogP contribution in [-0.2, 0) is 0 Å². The number of fused-ring (bicyclic) bond motifs is 3. The largest absolute Gasteiger partial charge is 0.348 e. The molecule has 2 fully saturated rings. The van der Waals surface area contributed by atoms with E-state index in [1.54, 1.807) is 6.20 Å². The third-order valence-electron chi connectivity index (χ3n) is 4.30. The second kappa shape index (κ2) is 4.06. The Bertz CT molecular complexity index is 635. The summed E-state index contributed by atoms with van der Waals surface area (Å²) < 4.78 is 1.87. The third kappa shape index (κ3) is 1.81. The minimum Gasteiger partial charge on any atom is -0.348 e. The first kappa shape index (κ1) is 11.0. The summed E-state index contributed by atoms with van der Waals surface area (Å²) in [6.07, 6.45) is 7.72. The molecule has 0 aromatic carbocycles. The number of amides is 1. The molecule has 1 amide bonds. The van der Waals surface area contributed by atoms with Crippen molar-refractivity contribution in [1.29, 1.82) is 0 Å². The molecule has 1 aliphatic heterocycles. The lowest BCUT2D eigenvalue weighted by atomic mass is 10.1. The Balaban J connectivity index is 1.53. The normalized spacial score (nSPS) is 28.9. The van der Waals surface area contributed by atoms with Gasteiger partial charge in [0.25, 0.3) is 5.91 Å². The van der Waals surface area contributed by atoms with Gasteiger partial charge in [0.05, 0.1) is 5.56 Å². The minimum atomic E-state index is 0.00921. The lowest BCUT2D eigenvalue weighted by molar-refractivity contribution is 0.0928. The Kier molecular flexibility index (Phi) is 2.35. The van der Waals surface area contributed by atoms with Crippen LogP contribution in [0.4, 0.5) is 0 Å². The van der Waals surface area contributed by atoms with Crippen LogP contribution < -0.4 is 10.6 Å². The second-order valence-corrected chi connectivity index (χ2v) is 5.54. The molecule has 0 spiro atoms. The summed E-state index contributed by atoms with van der Waals surface area (Å²) in [6, 6.07) is 4.45. The Hall–Kier alpha value is -1.88. The Morgan fingerprint density at radius 1 is 1.42 bits per heavy atom. The zero-order valence-corrected chi connectivity index (χ0v) is 10.5. The lowest BCUT2D eigenvalue weighted by Gasteiger charge is -2.23. The van der Waals surface area contributed by atoms with Crippen LogP contribution in [0.15, 0.2) is 30.7 Å².